The molecule has 6 nitrogen and oxygen atoms in total. The summed E-state index contributed by atoms with van der Waals surface area (Å²) in [6.07, 6.45) is 1.78. The molecule has 1 aromatic heterocycles. The summed E-state index contributed by atoms with van der Waals surface area (Å²) in [5.74, 6) is 0. The van der Waals surface area contributed by atoms with E-state index in [2.05, 4.69) is 32.7 Å². The molecule has 0 unspecified atom stereocenters. The lowest BCUT2D eigenvalue weighted by atomic mass is 10.2. The maximum atomic E-state index is 12.2. The maximum absolute atomic E-state index is 12.2. The van der Waals surface area contributed by atoms with Crippen molar-refractivity contribution in [1.82, 2.24) is 10.3 Å². The molecular weight excluding hydrogens is 372 g/mol. The lowest BCUT2D eigenvalue weighted by Gasteiger charge is -2.28. The van der Waals surface area contributed by atoms with E-state index in [1.54, 1.807) is 17.5 Å². The number of benzene rings is 2. The smallest absolute Gasteiger partial charge is 0.319 e. The van der Waals surface area contributed by atoms with E-state index in [-0.39, 0.29) is 6.03 Å². The summed E-state index contributed by atoms with van der Waals surface area (Å²) in [5, 5.41) is 8.67. The van der Waals surface area contributed by atoms with Crippen LogP contribution >= 0.6 is 11.3 Å². The topological polar surface area (TPSA) is 66.5 Å². The summed E-state index contributed by atoms with van der Waals surface area (Å²) in [7, 11) is 0. The molecule has 144 valence electrons. The summed E-state index contributed by atoms with van der Waals surface area (Å²) in [4.78, 5) is 18.8. The molecule has 2 aromatic carbocycles. The summed E-state index contributed by atoms with van der Waals surface area (Å²) in [6.45, 7) is 3.86. The number of anilines is 2. The number of carbonyl (C=O) groups is 1. The molecular formula is C21H22N4O2S. The van der Waals surface area contributed by atoms with Crippen molar-refractivity contribution >= 4 is 28.7 Å². The van der Waals surface area contributed by atoms with Crippen LogP contribution in [0.5, 0.6) is 0 Å². The molecule has 1 saturated heterocycles. The number of ether oxygens (including phenoxy) is 1. The summed E-state index contributed by atoms with van der Waals surface area (Å²) in [5.41, 5.74) is 4.05. The normalized spacial score (nSPS) is 13.9. The first-order valence-corrected chi connectivity index (χ1v) is 10.1. The van der Waals surface area contributed by atoms with Gasteiger partial charge < -0.3 is 20.3 Å². The highest BCUT2D eigenvalue weighted by Crippen LogP contribution is 2.23. The summed E-state index contributed by atoms with van der Waals surface area (Å²) < 4.78 is 5.39. The van der Waals surface area contributed by atoms with Crippen LogP contribution in [0.15, 0.2) is 60.1 Å². The van der Waals surface area contributed by atoms with E-state index in [0.29, 0.717) is 6.54 Å². The van der Waals surface area contributed by atoms with Gasteiger partial charge in [-0.3, -0.25) is 0 Å². The Bertz CT molecular complexity index is 889. The lowest BCUT2D eigenvalue weighted by molar-refractivity contribution is 0.122. The van der Waals surface area contributed by atoms with E-state index >= 15 is 0 Å². The minimum absolute atomic E-state index is 0.223. The highest BCUT2D eigenvalue weighted by molar-refractivity contribution is 7.13. The zero-order valence-corrected chi connectivity index (χ0v) is 16.2. The molecule has 1 fully saturated rings. The fourth-order valence-corrected chi connectivity index (χ4v) is 3.71. The van der Waals surface area contributed by atoms with Crippen molar-refractivity contribution in [3.05, 3.63) is 65.7 Å². The van der Waals surface area contributed by atoms with Gasteiger partial charge in [-0.1, -0.05) is 12.1 Å². The predicted octanol–water partition coefficient (Wildman–Crippen LogP) is 3.97. The third kappa shape index (κ3) is 4.68. The number of morpholine rings is 1. The van der Waals surface area contributed by atoms with Crippen LogP contribution < -0.4 is 15.5 Å². The van der Waals surface area contributed by atoms with Crippen molar-refractivity contribution in [2.45, 2.75) is 6.54 Å². The average Bonchev–Trinajstić information content (AvgIpc) is 3.29. The molecule has 0 atom stereocenters. The summed E-state index contributed by atoms with van der Waals surface area (Å²) in [6, 6.07) is 15.7. The molecule has 0 bridgehead atoms. The first-order valence-electron chi connectivity index (χ1n) is 9.24. The molecule has 0 aliphatic carbocycles. The molecule has 28 heavy (non-hydrogen) atoms. The Hall–Kier alpha value is -2.90. The summed E-state index contributed by atoms with van der Waals surface area (Å²) >= 11 is 1.59. The van der Waals surface area contributed by atoms with Crippen molar-refractivity contribution < 1.29 is 9.53 Å². The SMILES string of the molecule is O=C(NCc1ccc(N2CCOCC2)cc1)Nc1ccc(-c2nccs2)cc1. The second-order valence-corrected chi connectivity index (χ2v) is 7.38. The highest BCUT2D eigenvalue weighted by atomic mass is 32.1. The first-order chi connectivity index (χ1) is 13.8. The van der Waals surface area contributed by atoms with Gasteiger partial charge in [-0.15, -0.1) is 11.3 Å². The molecule has 7 heteroatoms. The predicted molar refractivity (Wildman–Crippen MR) is 113 cm³/mol. The number of hydrogen-bond acceptors (Lipinski definition) is 5. The third-order valence-electron chi connectivity index (χ3n) is 4.59. The standard InChI is InChI=1S/C21H22N4O2S/c26-21(24-18-5-3-17(4-6-18)20-22-9-14-28-20)23-15-16-1-7-19(8-2-16)25-10-12-27-13-11-25/h1-9,14H,10-13,15H2,(H2,23,24,26). The van der Waals surface area contributed by atoms with Crippen LogP contribution in [0.25, 0.3) is 10.6 Å². The van der Waals surface area contributed by atoms with E-state index in [1.807, 2.05) is 41.8 Å². The zero-order valence-electron chi connectivity index (χ0n) is 15.4. The Morgan fingerprint density at radius 1 is 1.07 bits per heavy atom. The minimum atomic E-state index is -0.223. The molecule has 1 aliphatic heterocycles. The number of nitrogens with one attached hydrogen (secondary N) is 2. The first kappa shape index (κ1) is 18.5. The van der Waals surface area contributed by atoms with E-state index in [4.69, 9.17) is 4.74 Å². The molecule has 4 rings (SSSR count). The fraction of sp³-hybridized carbons (Fsp3) is 0.238. The largest absolute Gasteiger partial charge is 0.378 e. The van der Waals surface area contributed by atoms with Crippen LogP contribution in [-0.2, 0) is 11.3 Å². The Kier molecular flexibility index (Phi) is 5.84. The molecule has 2 amide bonds. The van der Waals surface area contributed by atoms with Gasteiger partial charge in [-0.05, 0) is 42.0 Å². The number of amides is 2. The van der Waals surface area contributed by atoms with E-state index in [9.17, 15) is 4.79 Å². The van der Waals surface area contributed by atoms with Gasteiger partial charge in [0, 0.05) is 48.1 Å². The Morgan fingerprint density at radius 3 is 2.50 bits per heavy atom. The van der Waals surface area contributed by atoms with Gasteiger partial charge in [-0.25, -0.2) is 9.78 Å². The second-order valence-electron chi connectivity index (χ2n) is 6.49. The molecule has 2 heterocycles. The van der Waals surface area contributed by atoms with Gasteiger partial charge in [0.2, 0.25) is 0 Å². The average molecular weight is 395 g/mol. The second kappa shape index (κ2) is 8.86. The molecule has 0 radical (unpaired) electrons. The van der Waals surface area contributed by atoms with Crippen LogP contribution in [0.4, 0.5) is 16.2 Å². The van der Waals surface area contributed by atoms with Gasteiger partial charge in [0.25, 0.3) is 0 Å². The fourth-order valence-electron chi connectivity index (χ4n) is 3.07. The molecule has 2 N–H and O–H groups in total. The van der Waals surface area contributed by atoms with E-state index < -0.39 is 0 Å². The number of aromatic nitrogens is 1. The molecule has 0 spiro atoms. The van der Waals surface area contributed by atoms with Crippen LogP contribution in [0, 0.1) is 0 Å². The van der Waals surface area contributed by atoms with Crippen molar-refractivity contribution in [2.24, 2.45) is 0 Å². The minimum Gasteiger partial charge on any atom is -0.378 e. The Balaban J connectivity index is 1.27. The Morgan fingerprint density at radius 2 is 1.82 bits per heavy atom. The van der Waals surface area contributed by atoms with Gasteiger partial charge in [-0.2, -0.15) is 0 Å². The van der Waals surface area contributed by atoms with Crippen molar-refractivity contribution in [3.63, 3.8) is 0 Å². The molecule has 0 saturated carbocycles. The number of nitrogens with zero attached hydrogens (tertiary/aromatic N) is 2. The quantitative estimate of drug-likeness (QED) is 0.687. The van der Waals surface area contributed by atoms with Gasteiger partial charge in [0.05, 0.1) is 13.2 Å². The van der Waals surface area contributed by atoms with Crippen molar-refractivity contribution in [2.75, 3.05) is 36.5 Å². The van der Waals surface area contributed by atoms with Crippen molar-refractivity contribution in [1.29, 1.82) is 0 Å². The lowest BCUT2D eigenvalue weighted by Crippen LogP contribution is -2.36. The monoisotopic (exact) mass is 394 g/mol. The number of carbonyl (C=O) groups excluding carboxylic acids is 1. The van der Waals surface area contributed by atoms with Crippen LogP contribution in [0.3, 0.4) is 0 Å². The molecule has 3 aromatic rings. The zero-order chi connectivity index (χ0) is 19.2. The van der Waals surface area contributed by atoms with E-state index in [1.165, 1.54) is 5.69 Å². The van der Waals surface area contributed by atoms with Crippen LogP contribution in [0.1, 0.15) is 5.56 Å². The van der Waals surface area contributed by atoms with Gasteiger partial charge >= 0.3 is 6.03 Å². The highest BCUT2D eigenvalue weighted by Gasteiger charge is 2.11. The third-order valence-corrected chi connectivity index (χ3v) is 5.41. The Labute approximate surface area is 168 Å². The van der Waals surface area contributed by atoms with Crippen LogP contribution in [-0.4, -0.2) is 37.3 Å². The van der Waals surface area contributed by atoms with Gasteiger partial charge in [0.15, 0.2) is 0 Å². The number of hydrogen-bond donors (Lipinski definition) is 2. The number of thiazole rings is 1. The molecule has 1 aliphatic rings. The number of rotatable bonds is 5. The maximum Gasteiger partial charge on any atom is 0.319 e. The van der Waals surface area contributed by atoms with Gasteiger partial charge in [0.1, 0.15) is 5.01 Å². The van der Waals surface area contributed by atoms with Crippen molar-refractivity contribution in [3.8, 4) is 10.6 Å². The van der Waals surface area contributed by atoms with E-state index in [0.717, 1.165) is 48.1 Å². The number of urea groups is 1. The van der Waals surface area contributed by atoms with Crippen LogP contribution in [0.2, 0.25) is 0 Å².